The van der Waals surface area contributed by atoms with E-state index in [4.69, 9.17) is 0 Å². The standard InChI is InChI=1S/C18H24N2O/c1-4-9-15(18(21)10-5-2)13-17(14-19)20(3)16-11-7-6-8-12-16/h4,6-9,11-13,15,18,21H,5,10H2,1-3H3/b9-4-,17-13+. The molecule has 3 nitrogen and oxygen atoms in total. The van der Waals surface area contributed by atoms with Crippen molar-refractivity contribution < 1.29 is 5.11 Å². The van der Waals surface area contributed by atoms with Crippen LogP contribution in [0, 0.1) is 17.2 Å². The lowest BCUT2D eigenvalue weighted by molar-refractivity contribution is 0.138. The van der Waals surface area contributed by atoms with Crippen molar-refractivity contribution in [3.05, 3.63) is 54.3 Å². The van der Waals surface area contributed by atoms with Crippen molar-refractivity contribution in [2.24, 2.45) is 5.92 Å². The van der Waals surface area contributed by atoms with Gasteiger partial charge in [0.2, 0.25) is 0 Å². The Kier molecular flexibility index (Phi) is 7.28. The maximum absolute atomic E-state index is 10.2. The second-order valence-electron chi connectivity index (χ2n) is 5.02. The van der Waals surface area contributed by atoms with Gasteiger partial charge in [0.25, 0.3) is 0 Å². The first-order chi connectivity index (χ1) is 10.1. The number of aliphatic hydroxyl groups is 1. The van der Waals surface area contributed by atoms with E-state index in [0.29, 0.717) is 5.70 Å². The van der Waals surface area contributed by atoms with Crippen molar-refractivity contribution in [3.63, 3.8) is 0 Å². The van der Waals surface area contributed by atoms with Gasteiger partial charge in [0, 0.05) is 18.7 Å². The van der Waals surface area contributed by atoms with Gasteiger partial charge in [-0.2, -0.15) is 5.26 Å². The average molecular weight is 284 g/mol. The van der Waals surface area contributed by atoms with Crippen molar-refractivity contribution in [1.29, 1.82) is 5.26 Å². The Bertz CT molecular complexity index is 514. The maximum Gasteiger partial charge on any atom is 0.117 e. The van der Waals surface area contributed by atoms with Gasteiger partial charge in [-0.1, -0.05) is 43.7 Å². The molecule has 0 aromatic heterocycles. The highest BCUT2D eigenvalue weighted by atomic mass is 16.3. The number of anilines is 1. The molecule has 0 saturated carbocycles. The van der Waals surface area contributed by atoms with Crippen LogP contribution in [-0.2, 0) is 0 Å². The number of rotatable bonds is 7. The Labute approximate surface area is 127 Å². The normalized spacial score (nSPS) is 14.7. The van der Waals surface area contributed by atoms with E-state index in [1.165, 1.54) is 0 Å². The molecule has 0 radical (unpaired) electrons. The van der Waals surface area contributed by atoms with Crippen molar-refractivity contribution in [3.8, 4) is 6.07 Å². The van der Waals surface area contributed by atoms with Crippen LogP contribution in [0.5, 0.6) is 0 Å². The summed E-state index contributed by atoms with van der Waals surface area (Å²) in [6.45, 7) is 3.97. The first-order valence-corrected chi connectivity index (χ1v) is 7.35. The van der Waals surface area contributed by atoms with Crippen molar-refractivity contribution in [1.82, 2.24) is 0 Å². The first-order valence-electron chi connectivity index (χ1n) is 7.35. The van der Waals surface area contributed by atoms with Gasteiger partial charge in [0.05, 0.1) is 6.10 Å². The van der Waals surface area contributed by atoms with E-state index >= 15 is 0 Å². The van der Waals surface area contributed by atoms with Gasteiger partial charge >= 0.3 is 0 Å². The largest absolute Gasteiger partial charge is 0.392 e. The van der Waals surface area contributed by atoms with E-state index in [9.17, 15) is 10.4 Å². The van der Waals surface area contributed by atoms with Crippen LogP contribution in [0.25, 0.3) is 0 Å². The van der Waals surface area contributed by atoms with Crippen LogP contribution in [0.2, 0.25) is 0 Å². The summed E-state index contributed by atoms with van der Waals surface area (Å²) in [5.74, 6) is -0.143. The number of nitriles is 1. The van der Waals surface area contributed by atoms with Crippen LogP contribution in [0.15, 0.2) is 54.3 Å². The summed E-state index contributed by atoms with van der Waals surface area (Å²) in [7, 11) is 1.86. The lowest BCUT2D eigenvalue weighted by atomic mass is 9.96. The monoisotopic (exact) mass is 284 g/mol. The molecule has 0 spiro atoms. The molecule has 0 fully saturated rings. The van der Waals surface area contributed by atoms with Gasteiger partial charge in [0.1, 0.15) is 11.8 Å². The Morgan fingerprint density at radius 1 is 1.38 bits per heavy atom. The third-order valence-corrected chi connectivity index (χ3v) is 3.41. The molecule has 3 heteroatoms. The molecule has 1 aromatic rings. The molecule has 2 atom stereocenters. The molecule has 0 heterocycles. The minimum absolute atomic E-state index is 0.143. The van der Waals surface area contributed by atoms with Gasteiger partial charge in [-0.05, 0) is 31.6 Å². The zero-order chi connectivity index (χ0) is 15.7. The quantitative estimate of drug-likeness (QED) is 0.610. The van der Waals surface area contributed by atoms with Gasteiger partial charge in [-0.3, -0.25) is 0 Å². The van der Waals surface area contributed by atoms with Gasteiger partial charge in [-0.15, -0.1) is 0 Å². The lowest BCUT2D eigenvalue weighted by Gasteiger charge is -2.21. The van der Waals surface area contributed by atoms with Crippen molar-refractivity contribution in [2.75, 3.05) is 11.9 Å². The summed E-state index contributed by atoms with van der Waals surface area (Å²) in [5.41, 5.74) is 1.49. The Morgan fingerprint density at radius 3 is 2.57 bits per heavy atom. The van der Waals surface area contributed by atoms with Crippen molar-refractivity contribution in [2.45, 2.75) is 32.8 Å². The third kappa shape index (κ3) is 5.09. The highest BCUT2D eigenvalue weighted by Crippen LogP contribution is 2.20. The van der Waals surface area contributed by atoms with Crippen LogP contribution in [-0.4, -0.2) is 18.3 Å². The number of allylic oxidation sites excluding steroid dienone is 2. The number of aliphatic hydroxyl groups excluding tert-OH is 1. The van der Waals surface area contributed by atoms with E-state index in [1.54, 1.807) is 0 Å². The molecule has 0 amide bonds. The molecule has 112 valence electrons. The minimum atomic E-state index is -0.460. The predicted molar refractivity (Wildman–Crippen MR) is 87.8 cm³/mol. The second-order valence-corrected chi connectivity index (χ2v) is 5.02. The Hall–Kier alpha value is -2.05. The highest BCUT2D eigenvalue weighted by Gasteiger charge is 2.16. The van der Waals surface area contributed by atoms with Gasteiger partial charge in [0.15, 0.2) is 0 Å². The SMILES string of the molecule is C/C=C\C(/C=C(\C#N)N(C)c1ccccc1)C(O)CCC. The molecular weight excluding hydrogens is 260 g/mol. The minimum Gasteiger partial charge on any atom is -0.392 e. The number of nitrogens with zero attached hydrogens (tertiary/aromatic N) is 2. The molecule has 0 aliphatic carbocycles. The van der Waals surface area contributed by atoms with E-state index in [-0.39, 0.29) is 5.92 Å². The molecule has 0 aliphatic heterocycles. The highest BCUT2D eigenvalue weighted by molar-refractivity contribution is 5.54. The number of hydrogen-bond acceptors (Lipinski definition) is 3. The van der Waals surface area contributed by atoms with Crippen LogP contribution in [0.4, 0.5) is 5.69 Å². The second kappa shape index (κ2) is 8.99. The van der Waals surface area contributed by atoms with Crippen LogP contribution < -0.4 is 4.90 Å². The van der Waals surface area contributed by atoms with Gasteiger partial charge < -0.3 is 10.0 Å². The Morgan fingerprint density at radius 2 is 2.05 bits per heavy atom. The summed E-state index contributed by atoms with van der Waals surface area (Å²) >= 11 is 0. The molecule has 1 aromatic carbocycles. The fourth-order valence-electron chi connectivity index (χ4n) is 2.20. The molecule has 21 heavy (non-hydrogen) atoms. The summed E-state index contributed by atoms with van der Waals surface area (Å²) in [6, 6.07) is 12.0. The molecule has 0 saturated heterocycles. The molecule has 2 unspecified atom stereocenters. The molecule has 0 bridgehead atoms. The zero-order valence-corrected chi connectivity index (χ0v) is 13.0. The first kappa shape index (κ1) is 17.0. The van der Waals surface area contributed by atoms with Crippen LogP contribution >= 0.6 is 0 Å². The van der Waals surface area contributed by atoms with E-state index in [2.05, 4.69) is 6.07 Å². The van der Waals surface area contributed by atoms with E-state index < -0.39 is 6.10 Å². The smallest absolute Gasteiger partial charge is 0.117 e. The van der Waals surface area contributed by atoms with Gasteiger partial charge in [-0.25, -0.2) is 0 Å². The maximum atomic E-state index is 10.2. The van der Waals surface area contributed by atoms with E-state index in [1.807, 2.05) is 74.4 Å². The number of para-hydroxylation sites is 1. The topological polar surface area (TPSA) is 47.3 Å². The molecule has 1 N–H and O–H groups in total. The van der Waals surface area contributed by atoms with Crippen LogP contribution in [0.1, 0.15) is 26.7 Å². The summed E-state index contributed by atoms with van der Waals surface area (Å²) in [5, 5.41) is 19.6. The fourth-order valence-corrected chi connectivity index (χ4v) is 2.20. The summed E-state index contributed by atoms with van der Waals surface area (Å²) in [6.07, 6.45) is 6.87. The van der Waals surface area contributed by atoms with Crippen LogP contribution in [0.3, 0.4) is 0 Å². The summed E-state index contributed by atoms with van der Waals surface area (Å²) in [4.78, 5) is 1.84. The molecule has 1 rings (SSSR count). The van der Waals surface area contributed by atoms with Crippen molar-refractivity contribution >= 4 is 5.69 Å². The number of hydrogen-bond donors (Lipinski definition) is 1. The summed E-state index contributed by atoms with van der Waals surface area (Å²) < 4.78 is 0. The number of benzene rings is 1. The zero-order valence-electron chi connectivity index (χ0n) is 13.0. The third-order valence-electron chi connectivity index (χ3n) is 3.41. The van der Waals surface area contributed by atoms with E-state index in [0.717, 1.165) is 18.5 Å². The predicted octanol–water partition coefficient (Wildman–Crippen LogP) is 3.88. The molecule has 0 aliphatic rings. The fraction of sp³-hybridized carbons (Fsp3) is 0.389. The molecular formula is C18H24N2O. The average Bonchev–Trinajstić information content (AvgIpc) is 2.51. The Balaban J connectivity index is 3.02. The lowest BCUT2D eigenvalue weighted by Crippen LogP contribution is -2.21.